The molecule has 138 valence electrons. The van der Waals surface area contributed by atoms with E-state index in [1.54, 1.807) is 0 Å². The van der Waals surface area contributed by atoms with Crippen LogP contribution < -0.4 is 9.47 Å². The highest BCUT2D eigenvalue weighted by atomic mass is 32.1. The molecule has 0 bridgehead atoms. The minimum atomic E-state index is 0.206. The monoisotopic (exact) mass is 372 g/mol. The van der Waals surface area contributed by atoms with Crippen LogP contribution in [-0.2, 0) is 17.8 Å². The maximum Gasteiger partial charge on any atom is 0.237 e. The van der Waals surface area contributed by atoms with Crippen molar-refractivity contribution in [1.82, 2.24) is 9.80 Å². The number of benzene rings is 1. The predicted octanol–water partition coefficient (Wildman–Crippen LogP) is 3.44. The molecule has 2 aliphatic rings. The van der Waals surface area contributed by atoms with Crippen molar-refractivity contribution in [3.8, 4) is 11.5 Å². The van der Waals surface area contributed by atoms with Gasteiger partial charge in [-0.05, 0) is 54.6 Å². The molecule has 4 rings (SSSR count). The van der Waals surface area contributed by atoms with Gasteiger partial charge in [0.1, 0.15) is 0 Å². The van der Waals surface area contributed by atoms with Crippen LogP contribution >= 0.6 is 11.3 Å². The van der Waals surface area contributed by atoms with Crippen LogP contribution in [0.4, 0.5) is 0 Å². The van der Waals surface area contributed by atoms with Crippen molar-refractivity contribution in [2.75, 3.05) is 26.9 Å². The lowest BCUT2D eigenvalue weighted by atomic mass is 9.97. The molecule has 0 fully saturated rings. The van der Waals surface area contributed by atoms with Gasteiger partial charge in [0.15, 0.2) is 11.5 Å². The summed E-state index contributed by atoms with van der Waals surface area (Å²) in [5.41, 5.74) is 2.46. The number of ether oxygens (including phenoxy) is 2. The highest BCUT2D eigenvalue weighted by molar-refractivity contribution is 7.10. The Bertz CT molecular complexity index is 804. The van der Waals surface area contributed by atoms with Crippen LogP contribution in [-0.4, -0.2) is 42.6 Å². The molecule has 0 spiro atoms. The Kier molecular flexibility index (Phi) is 4.87. The minimum absolute atomic E-state index is 0.206. The zero-order chi connectivity index (χ0) is 18.1. The molecule has 26 heavy (non-hydrogen) atoms. The van der Waals surface area contributed by atoms with E-state index in [2.05, 4.69) is 28.2 Å². The fourth-order valence-corrected chi connectivity index (χ4v) is 4.79. The molecule has 1 aromatic carbocycles. The second kappa shape index (κ2) is 7.29. The van der Waals surface area contributed by atoms with Gasteiger partial charge >= 0.3 is 0 Å². The molecule has 0 saturated heterocycles. The highest BCUT2D eigenvalue weighted by Gasteiger charge is 2.30. The first kappa shape index (κ1) is 17.4. The van der Waals surface area contributed by atoms with Gasteiger partial charge in [-0.2, -0.15) is 0 Å². The van der Waals surface area contributed by atoms with Crippen molar-refractivity contribution in [3.63, 3.8) is 0 Å². The zero-order valence-electron chi connectivity index (χ0n) is 15.2. The van der Waals surface area contributed by atoms with Crippen molar-refractivity contribution in [1.29, 1.82) is 0 Å². The number of hydrogen-bond donors (Lipinski definition) is 0. The van der Waals surface area contributed by atoms with E-state index in [-0.39, 0.29) is 18.7 Å². The van der Waals surface area contributed by atoms with Crippen molar-refractivity contribution < 1.29 is 14.3 Å². The molecule has 6 heteroatoms. The average Bonchev–Trinajstić information content (AvgIpc) is 3.28. The largest absolute Gasteiger partial charge is 0.454 e. The SMILES string of the molecule is CCC1c2ccsc2CCN1C(=O)CN(C)Cc1ccc2c(c1)OCO2. The van der Waals surface area contributed by atoms with Crippen molar-refractivity contribution in [3.05, 3.63) is 45.6 Å². The number of carbonyl (C=O) groups is 1. The Morgan fingerprint density at radius 3 is 3.00 bits per heavy atom. The number of fused-ring (bicyclic) bond motifs is 2. The standard InChI is InChI=1S/C20H24N2O3S/c1-3-16-15-7-9-26-19(15)6-8-22(16)20(23)12-21(2)11-14-4-5-17-18(10-14)25-13-24-17/h4-5,7,9-10,16H,3,6,8,11-13H2,1-2H3. The van der Waals surface area contributed by atoms with E-state index in [4.69, 9.17) is 9.47 Å². The molecule has 1 amide bonds. The van der Waals surface area contributed by atoms with Gasteiger partial charge < -0.3 is 14.4 Å². The molecule has 5 nitrogen and oxygen atoms in total. The minimum Gasteiger partial charge on any atom is -0.454 e. The van der Waals surface area contributed by atoms with Crippen molar-refractivity contribution in [2.45, 2.75) is 32.4 Å². The van der Waals surface area contributed by atoms with Crippen molar-refractivity contribution in [2.24, 2.45) is 0 Å². The van der Waals surface area contributed by atoms with Crippen LogP contribution in [0.15, 0.2) is 29.6 Å². The summed E-state index contributed by atoms with van der Waals surface area (Å²) in [6.07, 6.45) is 1.93. The van der Waals surface area contributed by atoms with Gasteiger partial charge in [0.05, 0.1) is 12.6 Å². The van der Waals surface area contributed by atoms with Crippen LogP contribution in [0.5, 0.6) is 11.5 Å². The molecule has 0 N–H and O–H groups in total. The van der Waals surface area contributed by atoms with Crippen LogP contribution in [0.3, 0.4) is 0 Å². The first-order valence-corrected chi connectivity index (χ1v) is 9.96. The van der Waals surface area contributed by atoms with Gasteiger partial charge in [-0.25, -0.2) is 0 Å². The molecule has 2 aromatic rings. The lowest BCUT2D eigenvalue weighted by Gasteiger charge is -2.36. The first-order valence-electron chi connectivity index (χ1n) is 9.08. The quantitative estimate of drug-likeness (QED) is 0.806. The number of hydrogen-bond acceptors (Lipinski definition) is 5. The summed E-state index contributed by atoms with van der Waals surface area (Å²) >= 11 is 1.81. The Hall–Kier alpha value is -2.05. The van der Waals surface area contributed by atoms with E-state index in [1.165, 1.54) is 10.4 Å². The second-order valence-corrected chi connectivity index (χ2v) is 7.92. The zero-order valence-corrected chi connectivity index (χ0v) is 16.1. The van der Waals surface area contributed by atoms with E-state index in [0.29, 0.717) is 13.1 Å². The van der Waals surface area contributed by atoms with E-state index in [1.807, 2.05) is 36.6 Å². The molecule has 1 atom stereocenters. The summed E-state index contributed by atoms with van der Waals surface area (Å²) in [5, 5.41) is 2.15. The molecule has 0 radical (unpaired) electrons. The Labute approximate surface area is 158 Å². The lowest BCUT2D eigenvalue weighted by Crippen LogP contribution is -2.43. The van der Waals surface area contributed by atoms with Crippen LogP contribution in [0.1, 0.15) is 35.4 Å². The van der Waals surface area contributed by atoms with Gasteiger partial charge in [-0.3, -0.25) is 9.69 Å². The Balaban J connectivity index is 1.40. The molecule has 1 aromatic heterocycles. The van der Waals surface area contributed by atoms with E-state index >= 15 is 0 Å². The summed E-state index contributed by atoms with van der Waals surface area (Å²) in [4.78, 5) is 18.5. The average molecular weight is 372 g/mol. The van der Waals surface area contributed by atoms with Gasteiger partial charge in [0.2, 0.25) is 12.7 Å². The third-order valence-electron chi connectivity index (χ3n) is 5.10. The molecular weight excluding hydrogens is 348 g/mol. The van der Waals surface area contributed by atoms with Crippen molar-refractivity contribution >= 4 is 17.2 Å². The normalized spacial score (nSPS) is 18.3. The van der Waals surface area contributed by atoms with E-state index in [9.17, 15) is 4.79 Å². The number of rotatable bonds is 5. The summed E-state index contributed by atoms with van der Waals surface area (Å²) in [6.45, 7) is 4.39. The second-order valence-electron chi connectivity index (χ2n) is 6.92. The number of thiophene rings is 1. The number of amides is 1. The predicted molar refractivity (Wildman–Crippen MR) is 102 cm³/mol. The molecule has 0 saturated carbocycles. The maximum absolute atomic E-state index is 12.9. The Morgan fingerprint density at radius 1 is 1.31 bits per heavy atom. The summed E-state index contributed by atoms with van der Waals surface area (Å²) in [6, 6.07) is 8.36. The third-order valence-corrected chi connectivity index (χ3v) is 6.09. The van der Waals surface area contributed by atoms with Gasteiger partial charge in [0.25, 0.3) is 0 Å². The third kappa shape index (κ3) is 3.31. The molecule has 3 heterocycles. The summed E-state index contributed by atoms with van der Waals surface area (Å²) in [5.74, 6) is 1.78. The topological polar surface area (TPSA) is 42.0 Å². The Morgan fingerprint density at radius 2 is 2.15 bits per heavy atom. The number of likely N-dealkylation sites (N-methyl/N-ethyl adjacent to an activating group) is 1. The summed E-state index contributed by atoms with van der Waals surface area (Å²) in [7, 11) is 1.99. The fraction of sp³-hybridized carbons (Fsp3) is 0.450. The molecule has 1 unspecified atom stereocenters. The van der Waals surface area contributed by atoms with Gasteiger partial charge in [-0.15, -0.1) is 11.3 Å². The van der Waals surface area contributed by atoms with E-state index in [0.717, 1.165) is 36.4 Å². The molecular formula is C20H24N2O3S. The van der Waals surface area contributed by atoms with Crippen LogP contribution in [0.25, 0.3) is 0 Å². The first-order chi connectivity index (χ1) is 12.7. The van der Waals surface area contributed by atoms with E-state index < -0.39 is 0 Å². The van der Waals surface area contributed by atoms with Gasteiger partial charge in [0, 0.05) is 18.0 Å². The highest BCUT2D eigenvalue weighted by Crippen LogP contribution is 2.35. The molecule has 2 aliphatic heterocycles. The lowest BCUT2D eigenvalue weighted by molar-refractivity contribution is -0.135. The summed E-state index contributed by atoms with van der Waals surface area (Å²) < 4.78 is 10.8. The van der Waals surface area contributed by atoms with Gasteiger partial charge in [-0.1, -0.05) is 13.0 Å². The van der Waals surface area contributed by atoms with Crippen LogP contribution in [0.2, 0.25) is 0 Å². The number of nitrogens with zero attached hydrogens (tertiary/aromatic N) is 2. The molecule has 0 aliphatic carbocycles. The van der Waals surface area contributed by atoms with Crippen LogP contribution in [0, 0.1) is 0 Å². The maximum atomic E-state index is 12.9. The smallest absolute Gasteiger partial charge is 0.237 e. The number of carbonyl (C=O) groups excluding carboxylic acids is 1. The fourth-order valence-electron chi connectivity index (χ4n) is 3.86.